The summed E-state index contributed by atoms with van der Waals surface area (Å²) in [7, 11) is 0. The fourth-order valence-corrected chi connectivity index (χ4v) is 3.33. The molecule has 8 heteroatoms. The molecule has 0 radical (unpaired) electrons. The van der Waals surface area contributed by atoms with Crippen molar-refractivity contribution in [3.8, 4) is 0 Å². The zero-order chi connectivity index (χ0) is 16.1. The van der Waals surface area contributed by atoms with E-state index in [1.165, 1.54) is 32.1 Å². The van der Waals surface area contributed by atoms with E-state index in [0.29, 0.717) is 5.92 Å². The van der Waals surface area contributed by atoms with Gasteiger partial charge in [0.1, 0.15) is 5.69 Å². The average molecular weight is 325 g/mol. The number of carbonyl (C=O) groups excluding carboxylic acids is 1. The molecular weight excluding hydrogens is 302 g/mol. The lowest BCUT2D eigenvalue weighted by molar-refractivity contribution is -0.120. The van der Waals surface area contributed by atoms with Gasteiger partial charge in [0.2, 0.25) is 11.1 Å². The van der Waals surface area contributed by atoms with Gasteiger partial charge in [0.05, 0.1) is 5.25 Å². The van der Waals surface area contributed by atoms with Crippen LogP contribution in [-0.4, -0.2) is 32.6 Å². The molecule has 1 aliphatic rings. The number of hydrogen-bond acceptors (Lipinski definition) is 6. The second-order valence-electron chi connectivity index (χ2n) is 5.75. The molecule has 0 saturated heterocycles. The molecule has 0 aromatic carbocycles. The number of hydrogen-bond donors (Lipinski definition) is 2. The monoisotopic (exact) mass is 325 g/mol. The molecule has 1 aromatic heterocycles. The Labute approximate surface area is 134 Å². The van der Waals surface area contributed by atoms with E-state index in [1.807, 2.05) is 0 Å². The number of rotatable bonds is 5. The largest absolute Gasteiger partial charge is 0.355 e. The topological polar surface area (TPSA) is 103 Å². The number of thioether (sulfide) groups is 1. The quantitative estimate of drug-likeness (QED) is 0.614. The highest BCUT2D eigenvalue weighted by Gasteiger charge is 2.20. The van der Waals surface area contributed by atoms with E-state index >= 15 is 0 Å². The summed E-state index contributed by atoms with van der Waals surface area (Å²) >= 11 is 1.14. The second kappa shape index (κ2) is 7.62. The van der Waals surface area contributed by atoms with Gasteiger partial charge in [-0.1, -0.05) is 31.0 Å². The Kier molecular flexibility index (Phi) is 5.82. The standard InChI is InChI=1S/C14H23N5O2S/c1-9-13(21)19(15)14(18-17-9)22-10(2)12(20)16-8-11-6-4-3-5-7-11/h10-11H,3-8,15H2,1-2H3,(H,16,20)/t10-/m0/s1. The molecule has 22 heavy (non-hydrogen) atoms. The molecule has 1 fully saturated rings. The number of nitrogens with one attached hydrogen (secondary N) is 1. The highest BCUT2D eigenvalue weighted by atomic mass is 32.2. The molecule has 1 heterocycles. The van der Waals surface area contributed by atoms with Crippen molar-refractivity contribution in [3.05, 3.63) is 16.0 Å². The van der Waals surface area contributed by atoms with E-state index in [9.17, 15) is 9.59 Å². The summed E-state index contributed by atoms with van der Waals surface area (Å²) in [5.41, 5.74) is -0.159. The molecule has 7 nitrogen and oxygen atoms in total. The molecule has 0 aliphatic heterocycles. The minimum Gasteiger partial charge on any atom is -0.355 e. The first-order chi connectivity index (χ1) is 10.5. The Morgan fingerprint density at radius 1 is 1.41 bits per heavy atom. The maximum Gasteiger partial charge on any atom is 0.294 e. The van der Waals surface area contributed by atoms with E-state index < -0.39 is 5.56 Å². The van der Waals surface area contributed by atoms with Gasteiger partial charge in [0.25, 0.3) is 5.56 Å². The van der Waals surface area contributed by atoms with E-state index in [1.54, 1.807) is 13.8 Å². The lowest BCUT2D eigenvalue weighted by Crippen LogP contribution is -2.37. The lowest BCUT2D eigenvalue weighted by Gasteiger charge is -2.22. The molecule has 1 saturated carbocycles. The molecule has 2 rings (SSSR count). The molecule has 0 bridgehead atoms. The average Bonchev–Trinajstić information content (AvgIpc) is 2.54. The highest BCUT2D eigenvalue weighted by molar-refractivity contribution is 8.00. The number of aryl methyl sites for hydroxylation is 1. The van der Waals surface area contributed by atoms with Gasteiger partial charge >= 0.3 is 0 Å². The summed E-state index contributed by atoms with van der Waals surface area (Å²) in [6.45, 7) is 4.04. The lowest BCUT2D eigenvalue weighted by atomic mass is 9.89. The molecular formula is C14H23N5O2S. The van der Waals surface area contributed by atoms with Gasteiger partial charge in [-0.25, -0.2) is 0 Å². The van der Waals surface area contributed by atoms with Crippen molar-refractivity contribution < 1.29 is 4.79 Å². The molecule has 3 N–H and O–H groups in total. The Morgan fingerprint density at radius 2 is 2.09 bits per heavy atom. The van der Waals surface area contributed by atoms with Crippen LogP contribution < -0.4 is 16.7 Å². The maximum atomic E-state index is 12.1. The molecule has 1 aliphatic carbocycles. The van der Waals surface area contributed by atoms with Gasteiger partial charge in [-0.3, -0.25) is 9.59 Å². The fraction of sp³-hybridized carbons (Fsp3) is 0.714. The van der Waals surface area contributed by atoms with Crippen LogP contribution in [-0.2, 0) is 4.79 Å². The number of amides is 1. The number of nitrogens with zero attached hydrogens (tertiary/aromatic N) is 3. The molecule has 1 aromatic rings. The van der Waals surface area contributed by atoms with Crippen LogP contribution in [0, 0.1) is 12.8 Å². The van der Waals surface area contributed by atoms with E-state index in [0.717, 1.165) is 23.0 Å². The first-order valence-corrected chi connectivity index (χ1v) is 8.52. The van der Waals surface area contributed by atoms with Gasteiger partial charge < -0.3 is 11.2 Å². The van der Waals surface area contributed by atoms with Crippen LogP contribution in [0.4, 0.5) is 0 Å². The van der Waals surface area contributed by atoms with Crippen LogP contribution in [0.1, 0.15) is 44.7 Å². The first kappa shape index (κ1) is 16.8. The van der Waals surface area contributed by atoms with Crippen molar-refractivity contribution >= 4 is 17.7 Å². The SMILES string of the molecule is Cc1nnc(S[C@@H](C)C(=O)NCC2CCCCC2)n(N)c1=O. The zero-order valence-electron chi connectivity index (χ0n) is 13.0. The van der Waals surface area contributed by atoms with Crippen LogP contribution in [0.2, 0.25) is 0 Å². The Balaban J connectivity index is 1.88. The van der Waals surface area contributed by atoms with Crippen molar-refractivity contribution in [1.82, 2.24) is 20.2 Å². The summed E-state index contributed by atoms with van der Waals surface area (Å²) < 4.78 is 0.942. The minimum atomic E-state index is -0.396. The predicted octanol–water partition coefficient (Wildman–Crippen LogP) is 0.838. The van der Waals surface area contributed by atoms with Crippen LogP contribution in [0.3, 0.4) is 0 Å². The normalized spacial score (nSPS) is 17.2. The number of aromatic nitrogens is 3. The first-order valence-electron chi connectivity index (χ1n) is 7.65. The molecule has 1 atom stereocenters. The van der Waals surface area contributed by atoms with Gasteiger partial charge in [-0.05, 0) is 32.6 Å². The molecule has 0 unspecified atom stereocenters. The summed E-state index contributed by atoms with van der Waals surface area (Å²) in [5.74, 6) is 6.19. The molecule has 0 spiro atoms. The summed E-state index contributed by atoms with van der Waals surface area (Å²) in [4.78, 5) is 23.8. The number of nitrogen functional groups attached to an aromatic ring is 1. The number of carbonyl (C=O) groups is 1. The fourth-order valence-electron chi connectivity index (χ4n) is 2.54. The van der Waals surface area contributed by atoms with Gasteiger partial charge in [0, 0.05) is 6.54 Å². The van der Waals surface area contributed by atoms with E-state index in [-0.39, 0.29) is 22.0 Å². The Morgan fingerprint density at radius 3 is 2.77 bits per heavy atom. The van der Waals surface area contributed by atoms with Gasteiger partial charge in [-0.2, -0.15) is 4.68 Å². The molecule has 1 amide bonds. The predicted molar refractivity (Wildman–Crippen MR) is 86.1 cm³/mol. The summed E-state index contributed by atoms with van der Waals surface area (Å²) in [6.07, 6.45) is 6.19. The Bertz CT molecular complexity index is 583. The third kappa shape index (κ3) is 4.22. The summed E-state index contributed by atoms with van der Waals surface area (Å²) in [5, 5.41) is 10.5. The zero-order valence-corrected chi connectivity index (χ0v) is 13.9. The van der Waals surface area contributed by atoms with Crippen molar-refractivity contribution in [2.24, 2.45) is 5.92 Å². The summed E-state index contributed by atoms with van der Waals surface area (Å²) in [6, 6.07) is 0. The van der Waals surface area contributed by atoms with Crippen molar-refractivity contribution in [3.63, 3.8) is 0 Å². The second-order valence-corrected chi connectivity index (χ2v) is 7.06. The number of nitrogens with two attached hydrogens (primary N) is 1. The van der Waals surface area contributed by atoms with Gasteiger partial charge in [-0.15, -0.1) is 10.2 Å². The van der Waals surface area contributed by atoms with Crippen LogP contribution in [0.15, 0.2) is 9.95 Å². The van der Waals surface area contributed by atoms with E-state index in [2.05, 4.69) is 15.5 Å². The maximum absolute atomic E-state index is 12.1. The van der Waals surface area contributed by atoms with Crippen LogP contribution in [0.5, 0.6) is 0 Å². The smallest absolute Gasteiger partial charge is 0.294 e. The van der Waals surface area contributed by atoms with Crippen molar-refractivity contribution in [2.75, 3.05) is 12.4 Å². The molecule has 122 valence electrons. The van der Waals surface area contributed by atoms with Crippen LogP contribution >= 0.6 is 11.8 Å². The third-order valence-corrected chi connectivity index (χ3v) is 5.02. The van der Waals surface area contributed by atoms with E-state index in [4.69, 9.17) is 5.84 Å². The third-order valence-electron chi connectivity index (χ3n) is 3.96. The minimum absolute atomic E-state index is 0.0644. The highest BCUT2D eigenvalue weighted by Crippen LogP contribution is 2.23. The Hall–Kier alpha value is -1.57. The van der Waals surface area contributed by atoms with Crippen molar-refractivity contribution in [2.45, 2.75) is 56.4 Å². The van der Waals surface area contributed by atoms with Gasteiger partial charge in [0.15, 0.2) is 0 Å². The van der Waals surface area contributed by atoms with Crippen molar-refractivity contribution in [1.29, 1.82) is 0 Å². The van der Waals surface area contributed by atoms with Crippen LogP contribution in [0.25, 0.3) is 0 Å².